The first-order chi connectivity index (χ1) is 10.4. The average Bonchev–Trinajstić information content (AvgIpc) is 3.34. The number of hydrogen-bond acceptors (Lipinski definition) is 3. The van der Waals surface area contributed by atoms with Crippen LogP contribution in [0.15, 0.2) is 0 Å². The number of nitrogens with two attached hydrogens (primary N) is 1. The first-order valence-electron chi connectivity index (χ1n) is 8.77. The van der Waals surface area contributed by atoms with Crippen LogP contribution in [0, 0.1) is 17.3 Å². The SMILES string of the molecule is CC(C)[C@H]1CN(C(=O)C2(C(N)=O)CC2)CCCN1CC1CC1. The van der Waals surface area contributed by atoms with E-state index in [0.717, 1.165) is 32.0 Å². The van der Waals surface area contributed by atoms with Gasteiger partial charge in [0.05, 0.1) is 0 Å². The van der Waals surface area contributed by atoms with E-state index in [9.17, 15) is 9.59 Å². The van der Waals surface area contributed by atoms with E-state index >= 15 is 0 Å². The first-order valence-corrected chi connectivity index (χ1v) is 8.77. The lowest BCUT2D eigenvalue weighted by Crippen LogP contribution is -2.49. The van der Waals surface area contributed by atoms with Gasteiger partial charge in [0.1, 0.15) is 5.41 Å². The van der Waals surface area contributed by atoms with E-state index in [-0.39, 0.29) is 5.91 Å². The molecule has 3 fully saturated rings. The van der Waals surface area contributed by atoms with Crippen LogP contribution in [-0.4, -0.2) is 53.8 Å². The predicted molar refractivity (Wildman–Crippen MR) is 85.0 cm³/mol. The normalized spacial score (nSPS) is 28.5. The van der Waals surface area contributed by atoms with Crippen LogP contribution in [0.25, 0.3) is 0 Å². The molecule has 2 aliphatic carbocycles. The van der Waals surface area contributed by atoms with Crippen molar-refractivity contribution in [3.63, 3.8) is 0 Å². The number of hydrogen-bond donors (Lipinski definition) is 1. The van der Waals surface area contributed by atoms with Gasteiger partial charge < -0.3 is 10.6 Å². The molecule has 0 aromatic carbocycles. The Balaban J connectivity index is 1.71. The van der Waals surface area contributed by atoms with Crippen LogP contribution in [0.1, 0.15) is 46.0 Å². The second-order valence-corrected chi connectivity index (χ2v) is 7.80. The van der Waals surface area contributed by atoms with Crippen molar-refractivity contribution >= 4 is 11.8 Å². The highest BCUT2D eigenvalue weighted by Crippen LogP contribution is 2.47. The average molecular weight is 307 g/mol. The van der Waals surface area contributed by atoms with Crippen molar-refractivity contribution in [2.45, 2.75) is 52.0 Å². The molecule has 5 heteroatoms. The lowest BCUT2D eigenvalue weighted by Gasteiger charge is -2.35. The fraction of sp³-hybridized carbons (Fsp3) is 0.882. The van der Waals surface area contributed by atoms with Crippen LogP contribution in [-0.2, 0) is 9.59 Å². The Labute approximate surface area is 133 Å². The summed E-state index contributed by atoms with van der Waals surface area (Å²) in [6, 6.07) is 0.399. The fourth-order valence-electron chi connectivity index (χ4n) is 3.73. The van der Waals surface area contributed by atoms with E-state index in [1.807, 2.05) is 4.90 Å². The summed E-state index contributed by atoms with van der Waals surface area (Å²) >= 11 is 0. The minimum absolute atomic E-state index is 0.0149. The topological polar surface area (TPSA) is 66.6 Å². The third kappa shape index (κ3) is 3.00. The highest BCUT2D eigenvalue weighted by Gasteiger charge is 2.57. The van der Waals surface area contributed by atoms with E-state index in [2.05, 4.69) is 18.7 Å². The number of amides is 2. The van der Waals surface area contributed by atoms with Crippen LogP contribution in [0.2, 0.25) is 0 Å². The van der Waals surface area contributed by atoms with E-state index in [1.54, 1.807) is 0 Å². The van der Waals surface area contributed by atoms with Gasteiger partial charge in [0.25, 0.3) is 0 Å². The molecular weight excluding hydrogens is 278 g/mol. The molecule has 1 heterocycles. The summed E-state index contributed by atoms with van der Waals surface area (Å²) in [5.41, 5.74) is 4.61. The molecule has 1 atom stereocenters. The second kappa shape index (κ2) is 5.84. The molecule has 0 unspecified atom stereocenters. The minimum Gasteiger partial charge on any atom is -0.369 e. The van der Waals surface area contributed by atoms with Gasteiger partial charge in [-0.3, -0.25) is 14.5 Å². The molecule has 3 rings (SSSR count). The summed E-state index contributed by atoms with van der Waals surface area (Å²) in [4.78, 5) is 29.0. The molecule has 2 N–H and O–H groups in total. The van der Waals surface area contributed by atoms with Crippen LogP contribution in [0.3, 0.4) is 0 Å². The molecular formula is C17H29N3O2. The lowest BCUT2D eigenvalue weighted by atomic mass is 10.00. The molecule has 22 heavy (non-hydrogen) atoms. The zero-order valence-electron chi connectivity index (χ0n) is 13.9. The van der Waals surface area contributed by atoms with Crippen molar-refractivity contribution in [1.29, 1.82) is 0 Å². The quantitative estimate of drug-likeness (QED) is 0.777. The van der Waals surface area contributed by atoms with Crippen molar-refractivity contribution in [2.75, 3.05) is 26.2 Å². The maximum atomic E-state index is 12.8. The molecule has 1 saturated heterocycles. The van der Waals surface area contributed by atoms with Gasteiger partial charge in [0.15, 0.2) is 0 Å². The highest BCUT2D eigenvalue weighted by molar-refractivity contribution is 6.07. The zero-order chi connectivity index (χ0) is 15.9. The monoisotopic (exact) mass is 307 g/mol. The number of nitrogens with zero attached hydrogens (tertiary/aromatic N) is 2. The lowest BCUT2D eigenvalue weighted by molar-refractivity contribution is -0.143. The van der Waals surface area contributed by atoms with Crippen LogP contribution in [0.5, 0.6) is 0 Å². The number of carbonyl (C=O) groups is 2. The van der Waals surface area contributed by atoms with Gasteiger partial charge in [0.2, 0.25) is 11.8 Å². The summed E-state index contributed by atoms with van der Waals surface area (Å²) < 4.78 is 0. The molecule has 124 valence electrons. The summed E-state index contributed by atoms with van der Waals surface area (Å²) in [7, 11) is 0. The fourth-order valence-corrected chi connectivity index (χ4v) is 3.73. The maximum Gasteiger partial charge on any atom is 0.238 e. The molecule has 2 saturated carbocycles. The van der Waals surface area contributed by atoms with E-state index in [4.69, 9.17) is 5.73 Å². The number of carbonyl (C=O) groups excluding carboxylic acids is 2. The Bertz CT molecular complexity index is 455. The molecule has 0 radical (unpaired) electrons. The Morgan fingerprint density at radius 3 is 2.41 bits per heavy atom. The first kappa shape index (κ1) is 15.8. The molecule has 0 bridgehead atoms. The zero-order valence-corrected chi connectivity index (χ0v) is 13.9. The van der Waals surface area contributed by atoms with Crippen LogP contribution in [0.4, 0.5) is 0 Å². The van der Waals surface area contributed by atoms with Gasteiger partial charge >= 0.3 is 0 Å². The summed E-state index contributed by atoms with van der Waals surface area (Å²) in [5.74, 6) is 0.927. The molecule has 1 aliphatic heterocycles. The molecule has 0 aromatic rings. The molecule has 0 spiro atoms. The number of primary amides is 1. The van der Waals surface area contributed by atoms with E-state index in [1.165, 1.54) is 19.4 Å². The number of rotatable bonds is 5. The van der Waals surface area contributed by atoms with Gasteiger partial charge in [-0.1, -0.05) is 13.8 Å². The predicted octanol–water partition coefficient (Wildman–Crippen LogP) is 1.22. The Morgan fingerprint density at radius 1 is 1.23 bits per heavy atom. The minimum atomic E-state index is -0.868. The maximum absolute atomic E-state index is 12.8. The van der Waals surface area contributed by atoms with Crippen molar-refractivity contribution in [1.82, 2.24) is 9.80 Å². The van der Waals surface area contributed by atoms with Crippen LogP contribution >= 0.6 is 0 Å². The molecule has 5 nitrogen and oxygen atoms in total. The second-order valence-electron chi connectivity index (χ2n) is 7.80. The largest absolute Gasteiger partial charge is 0.369 e. The molecule has 2 amide bonds. The van der Waals surface area contributed by atoms with Gasteiger partial charge in [-0.15, -0.1) is 0 Å². The van der Waals surface area contributed by atoms with Crippen molar-refractivity contribution in [3.8, 4) is 0 Å². The van der Waals surface area contributed by atoms with Crippen molar-refractivity contribution in [3.05, 3.63) is 0 Å². The van der Waals surface area contributed by atoms with Crippen molar-refractivity contribution in [2.24, 2.45) is 23.0 Å². The summed E-state index contributed by atoms with van der Waals surface area (Å²) in [6.45, 7) is 8.22. The Kier molecular flexibility index (Phi) is 4.19. The van der Waals surface area contributed by atoms with Crippen molar-refractivity contribution < 1.29 is 9.59 Å². The smallest absolute Gasteiger partial charge is 0.238 e. The third-order valence-electron chi connectivity index (χ3n) is 5.63. The van der Waals surface area contributed by atoms with Gasteiger partial charge in [-0.2, -0.15) is 0 Å². The summed E-state index contributed by atoms with van der Waals surface area (Å²) in [5, 5.41) is 0. The third-order valence-corrected chi connectivity index (χ3v) is 5.63. The van der Waals surface area contributed by atoms with Crippen LogP contribution < -0.4 is 5.73 Å². The van der Waals surface area contributed by atoms with E-state index < -0.39 is 11.3 Å². The highest BCUT2D eigenvalue weighted by atomic mass is 16.2. The van der Waals surface area contributed by atoms with Gasteiger partial charge in [-0.05, 0) is 43.9 Å². The molecule has 3 aliphatic rings. The molecule has 0 aromatic heterocycles. The Hall–Kier alpha value is -1.10. The van der Waals surface area contributed by atoms with E-state index in [0.29, 0.717) is 24.8 Å². The van der Waals surface area contributed by atoms with Gasteiger partial charge in [0, 0.05) is 32.2 Å². The van der Waals surface area contributed by atoms with Gasteiger partial charge in [-0.25, -0.2) is 0 Å². The summed E-state index contributed by atoms with van der Waals surface area (Å²) in [6.07, 6.45) is 4.98. The Morgan fingerprint density at radius 2 is 1.91 bits per heavy atom. The standard InChI is InChI=1S/C17H29N3O2/c1-12(2)14-11-20(16(22)17(6-7-17)15(18)21)9-3-8-19(14)10-13-4-5-13/h12-14H,3-11H2,1-2H3,(H2,18,21)/t14-/m1/s1.